The van der Waals surface area contributed by atoms with Gasteiger partial charge in [-0.2, -0.15) is 0 Å². The van der Waals surface area contributed by atoms with Crippen LogP contribution < -0.4 is 20.5 Å². The summed E-state index contributed by atoms with van der Waals surface area (Å²) in [6, 6.07) is 5.09. The van der Waals surface area contributed by atoms with Crippen LogP contribution in [-0.2, 0) is 17.8 Å². The molecular formula is C16H15ClN2O5. The highest BCUT2D eigenvalue weighted by molar-refractivity contribution is 6.31. The molecule has 7 nitrogen and oxygen atoms in total. The van der Waals surface area contributed by atoms with Crippen LogP contribution >= 0.6 is 11.6 Å². The molecule has 8 heteroatoms. The van der Waals surface area contributed by atoms with Gasteiger partial charge in [-0.1, -0.05) is 11.6 Å². The lowest BCUT2D eigenvalue weighted by atomic mass is 10.1. The Hall–Kier alpha value is -2.67. The van der Waals surface area contributed by atoms with Crippen molar-refractivity contribution < 1.29 is 19.4 Å². The normalized spacial score (nSPS) is 12.2. The first kappa shape index (κ1) is 16.2. The van der Waals surface area contributed by atoms with Crippen LogP contribution in [0.25, 0.3) is 0 Å². The van der Waals surface area contributed by atoms with Crippen LogP contribution in [0.1, 0.15) is 16.7 Å². The molecule has 0 radical (unpaired) electrons. The van der Waals surface area contributed by atoms with Gasteiger partial charge in [-0.25, -0.2) is 4.68 Å². The van der Waals surface area contributed by atoms with Gasteiger partial charge in [-0.05, 0) is 30.2 Å². The van der Waals surface area contributed by atoms with Gasteiger partial charge in [-0.3, -0.25) is 9.59 Å². The number of ether oxygens (including phenoxy) is 2. The van der Waals surface area contributed by atoms with Crippen LogP contribution in [0.2, 0.25) is 5.02 Å². The van der Waals surface area contributed by atoms with Gasteiger partial charge < -0.3 is 20.0 Å². The second kappa shape index (κ2) is 6.45. The van der Waals surface area contributed by atoms with Gasteiger partial charge in [0.1, 0.15) is 0 Å². The Kier molecular flexibility index (Phi) is 4.35. The summed E-state index contributed by atoms with van der Waals surface area (Å²) >= 11 is 6.20. The van der Waals surface area contributed by atoms with Crippen molar-refractivity contribution >= 4 is 17.6 Å². The average Bonchev–Trinajstić information content (AvgIpc) is 2.97. The van der Waals surface area contributed by atoms with E-state index in [0.717, 1.165) is 5.56 Å². The van der Waals surface area contributed by atoms with Gasteiger partial charge in [0, 0.05) is 22.8 Å². The van der Waals surface area contributed by atoms with E-state index in [2.05, 4.69) is 5.43 Å². The molecule has 1 aromatic carbocycles. The fourth-order valence-corrected chi connectivity index (χ4v) is 2.65. The number of benzene rings is 1. The Labute approximate surface area is 142 Å². The Morgan fingerprint density at radius 3 is 2.79 bits per heavy atom. The molecular weight excluding hydrogens is 336 g/mol. The molecule has 0 bridgehead atoms. The van der Waals surface area contributed by atoms with Crippen LogP contribution in [0.4, 0.5) is 0 Å². The lowest BCUT2D eigenvalue weighted by Gasteiger charge is -2.13. The monoisotopic (exact) mass is 350 g/mol. The van der Waals surface area contributed by atoms with Crippen molar-refractivity contribution in [2.45, 2.75) is 19.9 Å². The predicted molar refractivity (Wildman–Crippen MR) is 87.4 cm³/mol. The Balaban J connectivity index is 1.83. The van der Waals surface area contributed by atoms with Crippen molar-refractivity contribution in [1.82, 2.24) is 4.68 Å². The second-order valence-electron chi connectivity index (χ2n) is 5.35. The van der Waals surface area contributed by atoms with Crippen LogP contribution in [0.15, 0.2) is 29.2 Å². The van der Waals surface area contributed by atoms with E-state index in [4.69, 9.17) is 26.2 Å². The van der Waals surface area contributed by atoms with Crippen molar-refractivity contribution in [2.75, 3.05) is 12.2 Å². The summed E-state index contributed by atoms with van der Waals surface area (Å²) in [6.45, 7) is 2.13. The maximum atomic E-state index is 12.4. The molecule has 0 unspecified atom stereocenters. The molecule has 1 aliphatic heterocycles. The third-order valence-corrected chi connectivity index (χ3v) is 4.09. The number of rotatable bonds is 5. The molecule has 0 amide bonds. The van der Waals surface area contributed by atoms with Crippen molar-refractivity contribution in [1.29, 1.82) is 0 Å². The number of aryl methyl sites for hydroxylation is 1. The molecule has 3 rings (SSSR count). The lowest BCUT2D eigenvalue weighted by molar-refractivity contribution is -0.136. The zero-order chi connectivity index (χ0) is 17.3. The first-order valence-corrected chi connectivity index (χ1v) is 7.58. The molecule has 0 spiro atoms. The SMILES string of the molecule is Cc1ccn(NCc2cc3c(cc2Cl)OCO3)c(=O)c1CC(=O)O. The summed E-state index contributed by atoms with van der Waals surface area (Å²) in [4.78, 5) is 23.3. The van der Waals surface area contributed by atoms with Crippen molar-refractivity contribution in [3.8, 4) is 11.5 Å². The van der Waals surface area contributed by atoms with Crippen LogP contribution in [0, 0.1) is 6.92 Å². The maximum absolute atomic E-state index is 12.4. The molecule has 2 aromatic rings. The Morgan fingerprint density at radius 2 is 2.08 bits per heavy atom. The summed E-state index contributed by atoms with van der Waals surface area (Å²) in [7, 11) is 0. The number of carboxylic acid groups (broad SMARTS) is 1. The number of halogens is 1. The first-order chi connectivity index (χ1) is 11.5. The Morgan fingerprint density at radius 1 is 1.38 bits per heavy atom. The van der Waals surface area contributed by atoms with Gasteiger partial charge in [0.25, 0.3) is 5.56 Å². The molecule has 0 aliphatic carbocycles. The topological polar surface area (TPSA) is 89.8 Å². The summed E-state index contributed by atoms with van der Waals surface area (Å²) in [5, 5.41) is 9.41. The van der Waals surface area contributed by atoms with Crippen LogP contribution in [-0.4, -0.2) is 22.5 Å². The number of fused-ring (bicyclic) bond motifs is 1. The number of aromatic nitrogens is 1. The standard InChI is InChI=1S/C16H15ClN2O5/c1-9-2-3-19(16(22)11(9)5-15(20)21)18-7-10-4-13-14(6-12(10)17)24-8-23-13/h2-4,6,18H,5,7-8H2,1H3,(H,20,21). The van der Waals surface area contributed by atoms with E-state index in [-0.39, 0.29) is 25.3 Å². The van der Waals surface area contributed by atoms with Crippen molar-refractivity contribution in [3.63, 3.8) is 0 Å². The third-order valence-electron chi connectivity index (χ3n) is 3.74. The number of carboxylic acids is 1. The average molecular weight is 351 g/mol. The van der Waals surface area contributed by atoms with Crippen LogP contribution in [0.3, 0.4) is 0 Å². The number of carbonyl (C=O) groups is 1. The van der Waals surface area contributed by atoms with Gasteiger partial charge in [0.2, 0.25) is 6.79 Å². The zero-order valence-corrected chi connectivity index (χ0v) is 13.6. The van der Waals surface area contributed by atoms with E-state index in [1.54, 1.807) is 31.3 Å². The van der Waals surface area contributed by atoms with Gasteiger partial charge in [0.05, 0.1) is 13.0 Å². The number of pyridine rings is 1. The molecule has 1 aromatic heterocycles. The second-order valence-corrected chi connectivity index (χ2v) is 5.76. The quantitative estimate of drug-likeness (QED) is 0.856. The largest absolute Gasteiger partial charge is 0.481 e. The molecule has 0 saturated carbocycles. The highest BCUT2D eigenvalue weighted by Crippen LogP contribution is 2.36. The molecule has 0 fully saturated rings. The molecule has 2 N–H and O–H groups in total. The maximum Gasteiger partial charge on any atom is 0.308 e. The minimum atomic E-state index is -1.05. The van der Waals surface area contributed by atoms with E-state index in [0.29, 0.717) is 22.1 Å². The Bertz CT molecular complexity index is 862. The smallest absolute Gasteiger partial charge is 0.308 e. The fourth-order valence-electron chi connectivity index (χ4n) is 2.42. The molecule has 2 heterocycles. The highest BCUT2D eigenvalue weighted by atomic mass is 35.5. The third kappa shape index (κ3) is 3.16. The molecule has 126 valence electrons. The minimum Gasteiger partial charge on any atom is -0.481 e. The predicted octanol–water partition coefficient (Wildman–Crippen LogP) is 1.91. The van der Waals surface area contributed by atoms with E-state index < -0.39 is 11.5 Å². The van der Waals surface area contributed by atoms with Crippen molar-refractivity contribution in [3.05, 3.63) is 56.5 Å². The molecule has 1 aliphatic rings. The van der Waals surface area contributed by atoms with E-state index in [1.165, 1.54) is 4.68 Å². The summed E-state index contributed by atoms with van der Waals surface area (Å²) in [6.07, 6.45) is 1.24. The fraction of sp³-hybridized carbons (Fsp3) is 0.250. The van der Waals surface area contributed by atoms with E-state index in [1.807, 2.05) is 0 Å². The van der Waals surface area contributed by atoms with Gasteiger partial charge in [0.15, 0.2) is 11.5 Å². The van der Waals surface area contributed by atoms with E-state index in [9.17, 15) is 9.59 Å². The number of aliphatic carboxylic acids is 1. The first-order valence-electron chi connectivity index (χ1n) is 7.20. The van der Waals surface area contributed by atoms with Gasteiger partial charge in [-0.15, -0.1) is 0 Å². The highest BCUT2D eigenvalue weighted by Gasteiger charge is 2.17. The molecule has 0 atom stereocenters. The summed E-state index contributed by atoms with van der Waals surface area (Å²) in [5.74, 6) is 0.130. The number of hydrogen-bond acceptors (Lipinski definition) is 5. The molecule has 0 saturated heterocycles. The van der Waals surface area contributed by atoms with Crippen LogP contribution in [0.5, 0.6) is 11.5 Å². The number of hydrogen-bond donors (Lipinski definition) is 2. The van der Waals surface area contributed by atoms with E-state index >= 15 is 0 Å². The molecule has 24 heavy (non-hydrogen) atoms. The summed E-state index contributed by atoms with van der Waals surface area (Å²) in [5.41, 5.74) is 4.15. The van der Waals surface area contributed by atoms with Gasteiger partial charge >= 0.3 is 5.97 Å². The lowest BCUT2D eigenvalue weighted by Crippen LogP contribution is -2.32. The number of nitrogens with zero attached hydrogens (tertiary/aromatic N) is 1. The minimum absolute atomic E-state index is 0.151. The summed E-state index contributed by atoms with van der Waals surface area (Å²) < 4.78 is 11.8. The zero-order valence-electron chi connectivity index (χ0n) is 12.8. The van der Waals surface area contributed by atoms with Crippen molar-refractivity contribution in [2.24, 2.45) is 0 Å². The number of nitrogens with one attached hydrogen (secondary N) is 1.